The van der Waals surface area contributed by atoms with Gasteiger partial charge in [-0.05, 0) is 71.1 Å². The standard InChI is InChI=1S/C20H31NO4/c1-14(2)17(22)16(13-15-9-7-12-24-15)18(23)25-21-19(3,4)10-8-11-20(21,5)6/h7,9,12-14,17,22H,8,10-11H2,1-6H3/b16-13+. The van der Waals surface area contributed by atoms with Gasteiger partial charge in [0.05, 0.1) is 29.0 Å². The average Bonchev–Trinajstić information content (AvgIpc) is 3.00. The molecule has 1 unspecified atom stereocenters. The van der Waals surface area contributed by atoms with E-state index in [1.165, 1.54) is 6.26 Å². The maximum atomic E-state index is 12.9. The van der Waals surface area contributed by atoms with Crippen LogP contribution in [0.25, 0.3) is 6.08 Å². The molecule has 1 atom stereocenters. The number of carbonyl (C=O) groups is 1. The van der Waals surface area contributed by atoms with Gasteiger partial charge in [-0.25, -0.2) is 4.79 Å². The van der Waals surface area contributed by atoms with Crippen LogP contribution in [-0.2, 0) is 9.63 Å². The van der Waals surface area contributed by atoms with Crippen molar-refractivity contribution in [3.8, 4) is 0 Å². The molecule has 1 aliphatic rings. The highest BCUT2D eigenvalue weighted by Crippen LogP contribution is 2.38. The van der Waals surface area contributed by atoms with E-state index in [0.717, 1.165) is 19.3 Å². The van der Waals surface area contributed by atoms with Crippen molar-refractivity contribution in [2.45, 2.75) is 78.0 Å². The van der Waals surface area contributed by atoms with Crippen molar-refractivity contribution < 1.29 is 19.2 Å². The van der Waals surface area contributed by atoms with Crippen molar-refractivity contribution in [1.29, 1.82) is 0 Å². The van der Waals surface area contributed by atoms with Gasteiger partial charge in [0.1, 0.15) is 5.76 Å². The van der Waals surface area contributed by atoms with Crippen molar-refractivity contribution in [3.05, 3.63) is 29.7 Å². The van der Waals surface area contributed by atoms with E-state index in [0.29, 0.717) is 5.76 Å². The normalized spacial score (nSPS) is 22.0. The Bertz CT molecular complexity index is 598. The number of furan rings is 1. The van der Waals surface area contributed by atoms with Crippen LogP contribution in [0, 0.1) is 5.92 Å². The first-order valence-electron chi connectivity index (χ1n) is 9.00. The lowest BCUT2D eigenvalue weighted by atomic mass is 9.82. The average molecular weight is 349 g/mol. The molecule has 0 radical (unpaired) electrons. The molecule has 1 aromatic heterocycles. The largest absolute Gasteiger partial charge is 0.465 e. The monoisotopic (exact) mass is 349 g/mol. The molecule has 0 aliphatic carbocycles. The van der Waals surface area contributed by atoms with E-state index in [9.17, 15) is 9.90 Å². The minimum Gasteiger partial charge on any atom is -0.465 e. The fraction of sp³-hybridized carbons (Fsp3) is 0.650. The van der Waals surface area contributed by atoms with E-state index < -0.39 is 12.1 Å². The predicted molar refractivity (Wildman–Crippen MR) is 97.5 cm³/mol. The zero-order chi connectivity index (χ0) is 18.8. The van der Waals surface area contributed by atoms with Crippen LogP contribution in [0.15, 0.2) is 28.4 Å². The Morgan fingerprint density at radius 3 is 2.36 bits per heavy atom. The van der Waals surface area contributed by atoms with Crippen LogP contribution in [0.4, 0.5) is 0 Å². The molecule has 1 aromatic rings. The van der Waals surface area contributed by atoms with Crippen LogP contribution in [0.3, 0.4) is 0 Å². The van der Waals surface area contributed by atoms with Gasteiger partial charge >= 0.3 is 5.97 Å². The first kappa shape index (κ1) is 19.7. The summed E-state index contributed by atoms with van der Waals surface area (Å²) >= 11 is 0. The van der Waals surface area contributed by atoms with Gasteiger partial charge in [0.25, 0.3) is 0 Å². The maximum absolute atomic E-state index is 12.9. The van der Waals surface area contributed by atoms with Gasteiger partial charge in [0.15, 0.2) is 0 Å². The first-order valence-corrected chi connectivity index (χ1v) is 9.00. The van der Waals surface area contributed by atoms with E-state index in [4.69, 9.17) is 9.25 Å². The number of aliphatic hydroxyl groups excluding tert-OH is 1. The second-order valence-electron chi connectivity index (χ2n) is 8.46. The van der Waals surface area contributed by atoms with Crippen molar-refractivity contribution in [2.24, 2.45) is 5.92 Å². The highest BCUT2D eigenvalue weighted by molar-refractivity contribution is 5.94. The third-order valence-corrected chi connectivity index (χ3v) is 4.88. The van der Waals surface area contributed by atoms with Crippen molar-refractivity contribution in [2.75, 3.05) is 0 Å². The molecule has 1 aliphatic heterocycles. The van der Waals surface area contributed by atoms with E-state index in [2.05, 4.69) is 27.7 Å². The van der Waals surface area contributed by atoms with Crippen LogP contribution >= 0.6 is 0 Å². The van der Waals surface area contributed by atoms with E-state index in [1.54, 1.807) is 23.3 Å². The Morgan fingerprint density at radius 2 is 1.88 bits per heavy atom. The molecule has 1 saturated heterocycles. The summed E-state index contributed by atoms with van der Waals surface area (Å²) in [5, 5.41) is 12.3. The van der Waals surface area contributed by atoms with Gasteiger partial charge in [-0.3, -0.25) is 0 Å². The number of carbonyl (C=O) groups excluding carboxylic acids is 1. The Morgan fingerprint density at radius 1 is 1.28 bits per heavy atom. The topological polar surface area (TPSA) is 62.9 Å². The number of piperidine rings is 1. The summed E-state index contributed by atoms with van der Waals surface area (Å²) in [5.74, 6) is -0.124. The zero-order valence-electron chi connectivity index (χ0n) is 16.2. The minimum absolute atomic E-state index is 0.115. The summed E-state index contributed by atoms with van der Waals surface area (Å²) in [5.41, 5.74) is -0.298. The Hall–Kier alpha value is -1.59. The molecule has 0 amide bonds. The fourth-order valence-corrected chi connectivity index (χ4v) is 3.51. The van der Waals surface area contributed by atoms with Crippen LogP contribution in [0.2, 0.25) is 0 Å². The summed E-state index contributed by atoms with van der Waals surface area (Å²) in [4.78, 5) is 18.8. The van der Waals surface area contributed by atoms with Gasteiger partial charge in [0.2, 0.25) is 0 Å². The van der Waals surface area contributed by atoms with Gasteiger partial charge < -0.3 is 14.4 Å². The second kappa shape index (κ2) is 7.34. The third-order valence-electron chi connectivity index (χ3n) is 4.88. The molecule has 5 heteroatoms. The smallest absolute Gasteiger partial charge is 0.355 e. The minimum atomic E-state index is -0.923. The summed E-state index contributed by atoms with van der Waals surface area (Å²) in [6.07, 6.45) is 5.18. The molecular weight excluding hydrogens is 318 g/mol. The van der Waals surface area contributed by atoms with E-state index >= 15 is 0 Å². The molecule has 0 aromatic carbocycles. The quantitative estimate of drug-likeness (QED) is 0.808. The number of hydroxylamine groups is 2. The molecule has 2 heterocycles. The fourth-order valence-electron chi connectivity index (χ4n) is 3.51. The van der Waals surface area contributed by atoms with Crippen molar-refractivity contribution in [1.82, 2.24) is 5.06 Å². The molecule has 0 bridgehead atoms. The number of hydrogen-bond donors (Lipinski definition) is 1. The van der Waals surface area contributed by atoms with Crippen LogP contribution < -0.4 is 0 Å². The lowest BCUT2D eigenvalue weighted by Gasteiger charge is -2.50. The third kappa shape index (κ3) is 4.53. The zero-order valence-corrected chi connectivity index (χ0v) is 16.2. The van der Waals surface area contributed by atoms with Crippen LogP contribution in [-0.4, -0.2) is 33.3 Å². The highest BCUT2D eigenvalue weighted by Gasteiger charge is 2.45. The lowest BCUT2D eigenvalue weighted by Crippen LogP contribution is -2.59. The number of aliphatic hydroxyl groups is 1. The van der Waals surface area contributed by atoms with Gasteiger partial charge in [-0.1, -0.05) is 13.8 Å². The lowest BCUT2D eigenvalue weighted by molar-refractivity contribution is -0.263. The highest BCUT2D eigenvalue weighted by atomic mass is 16.7. The SMILES string of the molecule is CC(C)C(O)/C(=C\c1ccco1)C(=O)ON1C(C)(C)CCCC1(C)C. The molecule has 2 rings (SSSR count). The van der Waals surface area contributed by atoms with Crippen LogP contribution in [0.5, 0.6) is 0 Å². The second-order valence-corrected chi connectivity index (χ2v) is 8.46. The summed E-state index contributed by atoms with van der Waals surface area (Å²) in [6.45, 7) is 12.0. The molecule has 140 valence electrons. The van der Waals surface area contributed by atoms with Gasteiger partial charge in [0, 0.05) is 0 Å². The Labute approximate surface area is 150 Å². The Balaban J connectivity index is 2.30. The maximum Gasteiger partial charge on any atom is 0.355 e. The summed E-state index contributed by atoms with van der Waals surface area (Å²) in [7, 11) is 0. The Kier molecular flexibility index (Phi) is 5.79. The van der Waals surface area contributed by atoms with Gasteiger partial charge in [-0.2, -0.15) is 0 Å². The summed E-state index contributed by atoms with van der Waals surface area (Å²) < 4.78 is 5.31. The summed E-state index contributed by atoms with van der Waals surface area (Å²) in [6, 6.07) is 3.49. The molecule has 0 saturated carbocycles. The van der Waals surface area contributed by atoms with Crippen LogP contribution in [0.1, 0.15) is 66.6 Å². The van der Waals surface area contributed by atoms with Crippen molar-refractivity contribution in [3.63, 3.8) is 0 Å². The van der Waals surface area contributed by atoms with E-state index in [1.807, 2.05) is 13.8 Å². The molecular formula is C20H31NO4. The molecule has 25 heavy (non-hydrogen) atoms. The number of nitrogens with zero attached hydrogens (tertiary/aromatic N) is 1. The first-order chi connectivity index (χ1) is 11.5. The van der Waals surface area contributed by atoms with Crippen molar-refractivity contribution >= 4 is 12.0 Å². The molecule has 5 nitrogen and oxygen atoms in total. The van der Waals surface area contributed by atoms with Gasteiger partial charge in [-0.15, -0.1) is 5.06 Å². The van der Waals surface area contributed by atoms with E-state index in [-0.39, 0.29) is 22.6 Å². The molecule has 1 N–H and O–H groups in total. The number of hydrogen-bond acceptors (Lipinski definition) is 5. The molecule has 1 fully saturated rings. The number of rotatable bonds is 5. The predicted octanol–water partition coefficient (Wildman–Crippen LogP) is 4.18. The molecule has 0 spiro atoms.